The minimum absolute atomic E-state index is 0.259. The van der Waals surface area contributed by atoms with E-state index in [1.165, 1.54) is 12.8 Å². The molecular formula is C14H27N3O2. The van der Waals surface area contributed by atoms with Crippen molar-refractivity contribution in [3.63, 3.8) is 0 Å². The minimum atomic E-state index is 0.259. The zero-order valence-electron chi connectivity index (χ0n) is 12.0. The van der Waals surface area contributed by atoms with Gasteiger partial charge < -0.3 is 15.4 Å². The van der Waals surface area contributed by atoms with E-state index in [-0.39, 0.29) is 11.8 Å². The zero-order valence-corrected chi connectivity index (χ0v) is 12.0. The molecule has 2 rings (SSSR count). The van der Waals surface area contributed by atoms with E-state index in [9.17, 15) is 4.79 Å². The maximum Gasteiger partial charge on any atom is 0.222 e. The molecule has 2 N–H and O–H groups in total. The lowest BCUT2D eigenvalue weighted by atomic mass is 10.1. The molecule has 1 amide bonds. The van der Waals surface area contributed by atoms with Crippen LogP contribution < -0.4 is 5.73 Å². The standard InChI is InChI=1S/C14H27N3O2/c1-12(10-15)9-14(18)17-6-4-16(5-7-17)11-13-3-2-8-19-13/h12-13H,2-11,15H2,1H3. The van der Waals surface area contributed by atoms with Gasteiger partial charge in [-0.1, -0.05) is 6.92 Å². The lowest BCUT2D eigenvalue weighted by molar-refractivity contribution is -0.133. The Hall–Kier alpha value is -0.650. The summed E-state index contributed by atoms with van der Waals surface area (Å²) in [5, 5.41) is 0. The van der Waals surface area contributed by atoms with Gasteiger partial charge in [-0.05, 0) is 25.3 Å². The molecule has 110 valence electrons. The van der Waals surface area contributed by atoms with E-state index in [4.69, 9.17) is 10.5 Å². The van der Waals surface area contributed by atoms with E-state index in [0.717, 1.165) is 39.3 Å². The number of piperazine rings is 1. The topological polar surface area (TPSA) is 58.8 Å². The lowest BCUT2D eigenvalue weighted by Crippen LogP contribution is -2.50. The average Bonchev–Trinajstić information content (AvgIpc) is 2.92. The van der Waals surface area contributed by atoms with Gasteiger partial charge in [0.1, 0.15) is 0 Å². The van der Waals surface area contributed by atoms with Crippen molar-refractivity contribution in [2.24, 2.45) is 11.7 Å². The summed E-state index contributed by atoms with van der Waals surface area (Å²) in [6.07, 6.45) is 3.38. The van der Waals surface area contributed by atoms with Crippen molar-refractivity contribution in [3.8, 4) is 0 Å². The van der Waals surface area contributed by atoms with Gasteiger partial charge in [0.05, 0.1) is 6.10 Å². The summed E-state index contributed by atoms with van der Waals surface area (Å²) in [6.45, 7) is 8.22. The lowest BCUT2D eigenvalue weighted by Gasteiger charge is -2.36. The van der Waals surface area contributed by atoms with Crippen LogP contribution in [0.25, 0.3) is 0 Å². The molecule has 5 heteroatoms. The van der Waals surface area contributed by atoms with E-state index in [0.29, 0.717) is 19.1 Å². The van der Waals surface area contributed by atoms with Crippen LogP contribution in [-0.4, -0.2) is 67.7 Å². The van der Waals surface area contributed by atoms with E-state index in [1.807, 2.05) is 11.8 Å². The van der Waals surface area contributed by atoms with E-state index >= 15 is 0 Å². The number of carbonyl (C=O) groups excluding carboxylic acids is 1. The molecule has 2 unspecified atom stereocenters. The van der Waals surface area contributed by atoms with Crippen molar-refractivity contribution in [1.82, 2.24) is 9.80 Å². The summed E-state index contributed by atoms with van der Waals surface area (Å²) >= 11 is 0. The largest absolute Gasteiger partial charge is 0.377 e. The summed E-state index contributed by atoms with van der Waals surface area (Å²) in [6, 6.07) is 0. The van der Waals surface area contributed by atoms with Crippen molar-refractivity contribution in [2.75, 3.05) is 45.9 Å². The molecule has 2 fully saturated rings. The Labute approximate surface area is 116 Å². The molecule has 5 nitrogen and oxygen atoms in total. The normalized spacial score (nSPS) is 26.6. The maximum absolute atomic E-state index is 12.0. The molecule has 2 aliphatic heterocycles. The number of rotatable bonds is 5. The summed E-state index contributed by atoms with van der Waals surface area (Å²) in [5.41, 5.74) is 5.57. The zero-order chi connectivity index (χ0) is 13.7. The highest BCUT2D eigenvalue weighted by atomic mass is 16.5. The average molecular weight is 269 g/mol. The first-order valence-corrected chi connectivity index (χ1v) is 7.51. The fourth-order valence-electron chi connectivity index (χ4n) is 2.77. The Bertz CT molecular complexity index is 284. The first-order chi connectivity index (χ1) is 9.19. The van der Waals surface area contributed by atoms with Crippen molar-refractivity contribution in [3.05, 3.63) is 0 Å². The molecule has 0 aromatic carbocycles. The number of amides is 1. The van der Waals surface area contributed by atoms with Crippen LogP contribution in [0.2, 0.25) is 0 Å². The first kappa shape index (κ1) is 14.8. The second kappa shape index (κ2) is 7.22. The van der Waals surface area contributed by atoms with Crippen LogP contribution in [-0.2, 0) is 9.53 Å². The van der Waals surface area contributed by atoms with E-state index in [1.54, 1.807) is 0 Å². The molecule has 0 aromatic heterocycles. The van der Waals surface area contributed by atoms with Gasteiger partial charge >= 0.3 is 0 Å². The fraction of sp³-hybridized carbons (Fsp3) is 0.929. The van der Waals surface area contributed by atoms with Gasteiger partial charge in [-0.2, -0.15) is 0 Å². The molecule has 0 aromatic rings. The Kier molecular flexibility index (Phi) is 5.60. The number of nitrogens with two attached hydrogens (primary N) is 1. The van der Waals surface area contributed by atoms with Crippen LogP contribution in [0, 0.1) is 5.92 Å². The molecule has 19 heavy (non-hydrogen) atoms. The highest BCUT2D eigenvalue weighted by Crippen LogP contribution is 2.15. The third kappa shape index (κ3) is 4.44. The molecule has 2 aliphatic rings. The quantitative estimate of drug-likeness (QED) is 0.779. The van der Waals surface area contributed by atoms with Crippen molar-refractivity contribution in [1.29, 1.82) is 0 Å². The van der Waals surface area contributed by atoms with E-state index in [2.05, 4.69) is 4.90 Å². The van der Waals surface area contributed by atoms with Gasteiger partial charge in [0.25, 0.3) is 0 Å². The van der Waals surface area contributed by atoms with Gasteiger partial charge in [-0.25, -0.2) is 0 Å². The smallest absolute Gasteiger partial charge is 0.222 e. The molecule has 0 aliphatic carbocycles. The van der Waals surface area contributed by atoms with E-state index < -0.39 is 0 Å². The van der Waals surface area contributed by atoms with Crippen LogP contribution in [0.3, 0.4) is 0 Å². The molecule has 0 radical (unpaired) electrons. The van der Waals surface area contributed by atoms with Gasteiger partial charge in [0, 0.05) is 45.8 Å². The molecule has 0 bridgehead atoms. The Morgan fingerprint density at radius 3 is 2.68 bits per heavy atom. The number of hydrogen-bond acceptors (Lipinski definition) is 4. The highest BCUT2D eigenvalue weighted by molar-refractivity contribution is 5.76. The predicted octanol–water partition coefficient (Wildman–Crippen LogP) is 0.295. The number of carbonyl (C=O) groups is 1. The predicted molar refractivity (Wildman–Crippen MR) is 74.8 cm³/mol. The molecule has 2 heterocycles. The second-order valence-electron chi connectivity index (χ2n) is 5.86. The van der Waals surface area contributed by atoms with Crippen LogP contribution in [0.4, 0.5) is 0 Å². The fourth-order valence-corrected chi connectivity index (χ4v) is 2.77. The maximum atomic E-state index is 12.0. The summed E-state index contributed by atoms with van der Waals surface area (Å²) in [5.74, 6) is 0.548. The Morgan fingerprint density at radius 1 is 1.37 bits per heavy atom. The second-order valence-corrected chi connectivity index (χ2v) is 5.86. The number of ether oxygens (including phenoxy) is 1. The van der Waals surface area contributed by atoms with Gasteiger partial charge in [-0.3, -0.25) is 9.69 Å². The van der Waals surface area contributed by atoms with Crippen LogP contribution in [0.5, 0.6) is 0 Å². The summed E-state index contributed by atoms with van der Waals surface area (Å²) in [4.78, 5) is 16.5. The molecule has 2 atom stereocenters. The SMILES string of the molecule is CC(CN)CC(=O)N1CCN(CC2CCCO2)CC1. The van der Waals surface area contributed by atoms with Gasteiger partial charge in [0.2, 0.25) is 5.91 Å². The van der Waals surface area contributed by atoms with Crippen LogP contribution in [0.15, 0.2) is 0 Å². The van der Waals surface area contributed by atoms with Crippen LogP contribution >= 0.6 is 0 Å². The summed E-state index contributed by atoms with van der Waals surface area (Å²) in [7, 11) is 0. The molecule has 0 spiro atoms. The van der Waals surface area contributed by atoms with Crippen molar-refractivity contribution in [2.45, 2.75) is 32.3 Å². The number of nitrogens with zero attached hydrogens (tertiary/aromatic N) is 2. The van der Waals surface area contributed by atoms with Gasteiger partial charge in [-0.15, -0.1) is 0 Å². The van der Waals surface area contributed by atoms with Gasteiger partial charge in [0.15, 0.2) is 0 Å². The molecule has 0 saturated carbocycles. The monoisotopic (exact) mass is 269 g/mol. The number of hydrogen-bond donors (Lipinski definition) is 1. The Morgan fingerprint density at radius 2 is 2.11 bits per heavy atom. The molecular weight excluding hydrogens is 242 g/mol. The summed E-state index contributed by atoms with van der Waals surface area (Å²) < 4.78 is 5.66. The third-order valence-corrected chi connectivity index (χ3v) is 4.14. The first-order valence-electron chi connectivity index (χ1n) is 7.51. The minimum Gasteiger partial charge on any atom is -0.377 e. The molecule has 2 saturated heterocycles. The third-order valence-electron chi connectivity index (χ3n) is 4.14. The Balaban J connectivity index is 1.68. The van der Waals surface area contributed by atoms with Crippen LogP contribution in [0.1, 0.15) is 26.2 Å². The van der Waals surface area contributed by atoms with Crippen molar-refractivity contribution < 1.29 is 9.53 Å². The van der Waals surface area contributed by atoms with Crippen molar-refractivity contribution >= 4 is 5.91 Å². The highest BCUT2D eigenvalue weighted by Gasteiger charge is 2.25.